The standard InChI is InChI=1S/C23H31N3O2/c1-18-5-4-6-22(19(18)2)25-13-15-26(16-14-25)23(27)11-12-24-17-20-7-9-21(28-3)10-8-20/h4-10,24H,11-17H2,1-3H3. The van der Waals surface area contributed by atoms with Crippen molar-refractivity contribution in [1.82, 2.24) is 10.2 Å². The normalized spacial score (nSPS) is 14.2. The van der Waals surface area contributed by atoms with E-state index in [1.807, 2.05) is 29.2 Å². The molecular weight excluding hydrogens is 350 g/mol. The van der Waals surface area contributed by atoms with E-state index in [1.165, 1.54) is 22.4 Å². The molecule has 1 aliphatic heterocycles. The van der Waals surface area contributed by atoms with Gasteiger partial charge in [-0.25, -0.2) is 0 Å². The largest absolute Gasteiger partial charge is 0.497 e. The Morgan fingerprint density at radius 3 is 2.43 bits per heavy atom. The first-order valence-electron chi connectivity index (χ1n) is 10.0. The van der Waals surface area contributed by atoms with Crippen molar-refractivity contribution in [3.8, 4) is 5.75 Å². The molecule has 0 saturated carbocycles. The van der Waals surface area contributed by atoms with Crippen LogP contribution in [0.3, 0.4) is 0 Å². The molecule has 1 N–H and O–H groups in total. The van der Waals surface area contributed by atoms with Crippen LogP contribution in [0.4, 0.5) is 5.69 Å². The van der Waals surface area contributed by atoms with Crippen LogP contribution < -0.4 is 15.0 Å². The van der Waals surface area contributed by atoms with Crippen molar-refractivity contribution in [1.29, 1.82) is 0 Å². The number of carbonyl (C=O) groups excluding carboxylic acids is 1. The van der Waals surface area contributed by atoms with Crippen molar-refractivity contribution in [3.05, 3.63) is 59.2 Å². The Labute approximate surface area is 168 Å². The molecule has 0 spiro atoms. The zero-order valence-electron chi connectivity index (χ0n) is 17.2. The van der Waals surface area contributed by atoms with Crippen LogP contribution in [-0.2, 0) is 11.3 Å². The van der Waals surface area contributed by atoms with Crippen LogP contribution in [0.1, 0.15) is 23.1 Å². The van der Waals surface area contributed by atoms with E-state index in [1.54, 1.807) is 7.11 Å². The molecular formula is C23H31N3O2. The summed E-state index contributed by atoms with van der Waals surface area (Å²) in [4.78, 5) is 16.9. The second kappa shape index (κ2) is 9.60. The van der Waals surface area contributed by atoms with E-state index in [-0.39, 0.29) is 5.91 Å². The van der Waals surface area contributed by atoms with Crippen molar-refractivity contribution in [2.75, 3.05) is 44.7 Å². The predicted octanol–water partition coefficient (Wildman–Crippen LogP) is 3.14. The maximum atomic E-state index is 12.5. The van der Waals surface area contributed by atoms with Crippen molar-refractivity contribution in [2.45, 2.75) is 26.8 Å². The summed E-state index contributed by atoms with van der Waals surface area (Å²) in [7, 11) is 1.67. The van der Waals surface area contributed by atoms with Gasteiger partial charge in [0.2, 0.25) is 5.91 Å². The molecule has 1 fully saturated rings. The Kier molecular flexibility index (Phi) is 6.93. The number of hydrogen-bond acceptors (Lipinski definition) is 4. The van der Waals surface area contributed by atoms with Gasteiger partial charge >= 0.3 is 0 Å². The lowest BCUT2D eigenvalue weighted by molar-refractivity contribution is -0.131. The third-order valence-corrected chi connectivity index (χ3v) is 5.55. The first kappa shape index (κ1) is 20.2. The Morgan fingerprint density at radius 1 is 1.04 bits per heavy atom. The number of carbonyl (C=O) groups is 1. The highest BCUT2D eigenvalue weighted by Gasteiger charge is 2.21. The van der Waals surface area contributed by atoms with Crippen molar-refractivity contribution in [3.63, 3.8) is 0 Å². The van der Waals surface area contributed by atoms with Gasteiger partial charge in [-0.1, -0.05) is 24.3 Å². The molecule has 0 radical (unpaired) electrons. The van der Waals surface area contributed by atoms with E-state index in [4.69, 9.17) is 4.74 Å². The highest BCUT2D eigenvalue weighted by molar-refractivity contribution is 5.76. The summed E-state index contributed by atoms with van der Waals surface area (Å²) in [6.07, 6.45) is 0.541. The maximum absolute atomic E-state index is 12.5. The lowest BCUT2D eigenvalue weighted by atomic mass is 10.1. The summed E-state index contributed by atoms with van der Waals surface area (Å²) in [5, 5.41) is 3.36. The topological polar surface area (TPSA) is 44.8 Å². The minimum Gasteiger partial charge on any atom is -0.497 e. The molecule has 2 aromatic carbocycles. The van der Waals surface area contributed by atoms with Gasteiger partial charge in [0.1, 0.15) is 5.75 Å². The van der Waals surface area contributed by atoms with Gasteiger partial charge in [-0.05, 0) is 48.7 Å². The van der Waals surface area contributed by atoms with Gasteiger partial charge in [0.25, 0.3) is 0 Å². The third-order valence-electron chi connectivity index (χ3n) is 5.55. The van der Waals surface area contributed by atoms with Crippen molar-refractivity contribution in [2.24, 2.45) is 0 Å². The molecule has 2 aromatic rings. The van der Waals surface area contributed by atoms with Gasteiger partial charge in [0, 0.05) is 51.4 Å². The average Bonchev–Trinajstić information content (AvgIpc) is 2.73. The number of amides is 1. The van der Waals surface area contributed by atoms with Crippen molar-refractivity contribution < 1.29 is 9.53 Å². The Balaban J connectivity index is 1.39. The van der Waals surface area contributed by atoms with E-state index in [0.717, 1.165) is 38.5 Å². The fourth-order valence-corrected chi connectivity index (χ4v) is 3.60. The number of anilines is 1. The molecule has 3 rings (SSSR count). The van der Waals surface area contributed by atoms with Crippen LogP contribution in [0, 0.1) is 13.8 Å². The van der Waals surface area contributed by atoms with E-state index >= 15 is 0 Å². The lowest BCUT2D eigenvalue weighted by Crippen LogP contribution is -2.49. The summed E-state index contributed by atoms with van der Waals surface area (Å²) in [5.41, 5.74) is 5.15. The number of methoxy groups -OCH3 is 1. The smallest absolute Gasteiger partial charge is 0.223 e. The molecule has 0 aliphatic carbocycles. The molecule has 1 saturated heterocycles. The van der Waals surface area contributed by atoms with E-state index in [9.17, 15) is 4.79 Å². The maximum Gasteiger partial charge on any atom is 0.223 e. The molecule has 0 atom stereocenters. The molecule has 0 unspecified atom stereocenters. The monoisotopic (exact) mass is 381 g/mol. The molecule has 1 amide bonds. The number of benzene rings is 2. The fraction of sp³-hybridized carbons (Fsp3) is 0.435. The number of nitrogens with one attached hydrogen (secondary N) is 1. The first-order valence-corrected chi connectivity index (χ1v) is 10.0. The van der Waals surface area contributed by atoms with Crippen LogP contribution in [0.15, 0.2) is 42.5 Å². The minimum absolute atomic E-state index is 0.239. The predicted molar refractivity (Wildman–Crippen MR) is 114 cm³/mol. The number of piperazine rings is 1. The van der Waals surface area contributed by atoms with E-state index in [0.29, 0.717) is 13.0 Å². The summed E-state index contributed by atoms with van der Waals surface area (Å²) in [5.74, 6) is 1.10. The number of aryl methyl sites for hydroxylation is 1. The zero-order valence-corrected chi connectivity index (χ0v) is 17.2. The first-order chi connectivity index (χ1) is 13.6. The quantitative estimate of drug-likeness (QED) is 0.749. The number of hydrogen-bond donors (Lipinski definition) is 1. The fourth-order valence-electron chi connectivity index (χ4n) is 3.60. The Hall–Kier alpha value is -2.53. The average molecular weight is 382 g/mol. The van der Waals surface area contributed by atoms with E-state index < -0.39 is 0 Å². The highest BCUT2D eigenvalue weighted by Crippen LogP contribution is 2.24. The SMILES string of the molecule is COc1ccc(CNCCC(=O)N2CCN(c3cccc(C)c3C)CC2)cc1. The summed E-state index contributed by atoms with van der Waals surface area (Å²) < 4.78 is 5.17. The molecule has 1 heterocycles. The minimum atomic E-state index is 0.239. The van der Waals surface area contributed by atoms with Gasteiger partial charge in [0.05, 0.1) is 7.11 Å². The van der Waals surface area contributed by atoms with Crippen LogP contribution >= 0.6 is 0 Å². The molecule has 5 nitrogen and oxygen atoms in total. The van der Waals surface area contributed by atoms with Crippen LogP contribution in [-0.4, -0.2) is 50.6 Å². The van der Waals surface area contributed by atoms with Gasteiger partial charge < -0.3 is 19.9 Å². The number of ether oxygens (including phenoxy) is 1. The van der Waals surface area contributed by atoms with E-state index in [2.05, 4.69) is 42.3 Å². The summed E-state index contributed by atoms with van der Waals surface area (Å²) in [6, 6.07) is 14.4. The molecule has 0 aromatic heterocycles. The molecule has 150 valence electrons. The number of nitrogens with zero attached hydrogens (tertiary/aromatic N) is 2. The number of rotatable bonds is 7. The molecule has 5 heteroatoms. The van der Waals surface area contributed by atoms with Gasteiger partial charge in [0.15, 0.2) is 0 Å². The van der Waals surface area contributed by atoms with Crippen LogP contribution in [0.25, 0.3) is 0 Å². The third kappa shape index (κ3) is 5.04. The van der Waals surface area contributed by atoms with Crippen LogP contribution in [0.5, 0.6) is 5.75 Å². The summed E-state index contributed by atoms with van der Waals surface area (Å²) >= 11 is 0. The molecule has 28 heavy (non-hydrogen) atoms. The Bertz CT molecular complexity index is 781. The van der Waals surface area contributed by atoms with Gasteiger partial charge in [-0.2, -0.15) is 0 Å². The Morgan fingerprint density at radius 2 is 1.75 bits per heavy atom. The second-order valence-corrected chi connectivity index (χ2v) is 7.36. The molecule has 1 aliphatic rings. The van der Waals surface area contributed by atoms with Gasteiger partial charge in [-0.3, -0.25) is 4.79 Å². The molecule has 0 bridgehead atoms. The zero-order chi connectivity index (χ0) is 19.9. The summed E-state index contributed by atoms with van der Waals surface area (Å²) in [6.45, 7) is 9.17. The highest BCUT2D eigenvalue weighted by atomic mass is 16.5. The van der Waals surface area contributed by atoms with Crippen molar-refractivity contribution >= 4 is 11.6 Å². The second-order valence-electron chi connectivity index (χ2n) is 7.36. The van der Waals surface area contributed by atoms with Gasteiger partial charge in [-0.15, -0.1) is 0 Å². The lowest BCUT2D eigenvalue weighted by Gasteiger charge is -2.37. The van der Waals surface area contributed by atoms with Crippen LogP contribution in [0.2, 0.25) is 0 Å².